The van der Waals surface area contributed by atoms with Gasteiger partial charge in [0.2, 0.25) is 0 Å². The van der Waals surface area contributed by atoms with Crippen LogP contribution in [-0.2, 0) is 4.79 Å². The summed E-state index contributed by atoms with van der Waals surface area (Å²) in [6, 6.07) is 10.0. The first-order valence-electron chi connectivity index (χ1n) is 7.44. The predicted molar refractivity (Wildman–Crippen MR) is 93.3 cm³/mol. The zero-order valence-corrected chi connectivity index (χ0v) is 14.2. The third-order valence-electron chi connectivity index (χ3n) is 3.22. The maximum Gasteiger partial charge on any atom is 0.262 e. The molecule has 2 rings (SSSR count). The lowest BCUT2D eigenvalue weighted by Gasteiger charge is -2.12. The minimum atomic E-state index is -0.322. The second kappa shape index (κ2) is 8.36. The Morgan fingerprint density at radius 2 is 1.96 bits per heavy atom. The molecule has 0 saturated heterocycles. The van der Waals surface area contributed by atoms with Crippen molar-refractivity contribution in [1.29, 1.82) is 0 Å². The fourth-order valence-electron chi connectivity index (χ4n) is 2.00. The van der Waals surface area contributed by atoms with Gasteiger partial charge in [-0.15, -0.1) is 0 Å². The Morgan fingerprint density at radius 3 is 2.62 bits per heavy atom. The monoisotopic (exact) mass is 347 g/mol. The van der Waals surface area contributed by atoms with Crippen LogP contribution in [0.4, 0.5) is 5.69 Å². The van der Waals surface area contributed by atoms with Crippen molar-refractivity contribution in [2.24, 2.45) is 0 Å². The highest BCUT2D eigenvalue weighted by molar-refractivity contribution is 6.31. The quantitative estimate of drug-likeness (QED) is 0.772. The largest absolute Gasteiger partial charge is 0.490 e. The molecule has 0 heterocycles. The molecule has 24 heavy (non-hydrogen) atoms. The highest BCUT2D eigenvalue weighted by Gasteiger charge is 2.10. The van der Waals surface area contributed by atoms with Gasteiger partial charge in [0, 0.05) is 16.3 Å². The Balaban J connectivity index is 2.00. The average molecular weight is 348 g/mol. The van der Waals surface area contributed by atoms with Crippen molar-refractivity contribution in [2.75, 3.05) is 18.5 Å². The Bertz CT molecular complexity index is 746. The van der Waals surface area contributed by atoms with Gasteiger partial charge in [-0.25, -0.2) is 0 Å². The molecule has 0 saturated carbocycles. The molecule has 0 fully saturated rings. The molecule has 1 amide bonds. The molecule has 0 unspecified atom stereocenters. The molecular weight excluding hydrogens is 330 g/mol. The van der Waals surface area contributed by atoms with Crippen molar-refractivity contribution < 1.29 is 19.1 Å². The number of nitrogens with one attached hydrogen (secondary N) is 1. The molecule has 1 N–H and O–H groups in total. The number of aryl methyl sites for hydroxylation is 1. The number of hydrogen-bond donors (Lipinski definition) is 1. The van der Waals surface area contributed by atoms with Crippen molar-refractivity contribution in [3.8, 4) is 11.5 Å². The molecule has 6 heteroatoms. The molecule has 126 valence electrons. The van der Waals surface area contributed by atoms with Gasteiger partial charge in [-0.3, -0.25) is 9.59 Å². The number of hydrogen-bond acceptors (Lipinski definition) is 4. The number of anilines is 1. The van der Waals surface area contributed by atoms with Crippen LogP contribution in [0.25, 0.3) is 0 Å². The van der Waals surface area contributed by atoms with E-state index in [1.54, 1.807) is 30.3 Å². The van der Waals surface area contributed by atoms with Gasteiger partial charge in [-0.2, -0.15) is 0 Å². The van der Waals surface area contributed by atoms with Crippen LogP contribution in [-0.4, -0.2) is 25.4 Å². The van der Waals surface area contributed by atoms with Crippen molar-refractivity contribution in [2.45, 2.75) is 13.8 Å². The van der Waals surface area contributed by atoms with Crippen LogP contribution < -0.4 is 14.8 Å². The maximum absolute atomic E-state index is 12.0. The van der Waals surface area contributed by atoms with Gasteiger partial charge >= 0.3 is 0 Å². The molecule has 0 aliphatic heterocycles. The number of carbonyl (C=O) groups is 2. The first-order valence-corrected chi connectivity index (χ1v) is 7.82. The molecule has 0 atom stereocenters. The summed E-state index contributed by atoms with van der Waals surface area (Å²) >= 11 is 6.03. The molecule has 0 spiro atoms. The van der Waals surface area contributed by atoms with Crippen LogP contribution in [0.5, 0.6) is 11.5 Å². The first-order chi connectivity index (χ1) is 11.5. The summed E-state index contributed by atoms with van der Waals surface area (Å²) in [4.78, 5) is 22.8. The topological polar surface area (TPSA) is 64.6 Å². The number of halogens is 1. The van der Waals surface area contributed by atoms with E-state index in [0.717, 1.165) is 11.8 Å². The number of ether oxygens (including phenoxy) is 2. The number of benzene rings is 2. The van der Waals surface area contributed by atoms with Gasteiger partial charge in [-0.1, -0.05) is 17.7 Å². The van der Waals surface area contributed by atoms with E-state index in [4.69, 9.17) is 21.1 Å². The molecule has 0 radical (unpaired) electrons. The zero-order valence-electron chi connectivity index (χ0n) is 13.5. The number of carbonyl (C=O) groups excluding carboxylic acids is 2. The summed E-state index contributed by atoms with van der Waals surface area (Å²) in [6.07, 6.45) is 0.722. The molecule has 2 aromatic rings. The summed E-state index contributed by atoms with van der Waals surface area (Å²) < 4.78 is 10.9. The zero-order chi connectivity index (χ0) is 17.5. The normalized spacial score (nSPS) is 10.1. The van der Waals surface area contributed by atoms with E-state index < -0.39 is 0 Å². The SMILES string of the molecule is CCOc1cc(C=O)ccc1OCC(=O)Nc1ccc(C)c(Cl)c1. The average Bonchev–Trinajstić information content (AvgIpc) is 2.57. The fraction of sp³-hybridized carbons (Fsp3) is 0.222. The summed E-state index contributed by atoms with van der Waals surface area (Å²) in [5.74, 6) is 0.504. The second-order valence-electron chi connectivity index (χ2n) is 5.06. The summed E-state index contributed by atoms with van der Waals surface area (Å²) in [5, 5.41) is 3.29. The van der Waals surface area contributed by atoms with Gasteiger partial charge in [0.1, 0.15) is 6.29 Å². The number of amides is 1. The highest BCUT2D eigenvalue weighted by Crippen LogP contribution is 2.28. The van der Waals surface area contributed by atoms with E-state index >= 15 is 0 Å². The summed E-state index contributed by atoms with van der Waals surface area (Å²) in [7, 11) is 0. The Hall–Kier alpha value is -2.53. The minimum Gasteiger partial charge on any atom is -0.490 e. The van der Waals surface area contributed by atoms with E-state index in [1.165, 1.54) is 0 Å². The van der Waals surface area contributed by atoms with Crippen molar-refractivity contribution in [1.82, 2.24) is 0 Å². The first kappa shape index (κ1) is 17.8. The summed E-state index contributed by atoms with van der Waals surface area (Å²) in [6.45, 7) is 3.94. The lowest BCUT2D eigenvalue weighted by Crippen LogP contribution is -2.20. The van der Waals surface area contributed by atoms with E-state index in [9.17, 15) is 9.59 Å². The Morgan fingerprint density at radius 1 is 1.17 bits per heavy atom. The molecule has 0 aliphatic carbocycles. The summed E-state index contributed by atoms with van der Waals surface area (Å²) in [5.41, 5.74) is 2.01. The molecular formula is C18H18ClNO4. The number of rotatable bonds is 7. The van der Waals surface area contributed by atoms with E-state index in [1.807, 2.05) is 19.9 Å². The third kappa shape index (κ3) is 4.73. The maximum atomic E-state index is 12.0. The molecule has 0 aromatic heterocycles. The fourth-order valence-corrected chi connectivity index (χ4v) is 2.18. The van der Waals surface area contributed by atoms with Crippen LogP contribution in [0.2, 0.25) is 5.02 Å². The van der Waals surface area contributed by atoms with E-state index in [2.05, 4.69) is 5.32 Å². The van der Waals surface area contributed by atoms with Crippen LogP contribution in [0.15, 0.2) is 36.4 Å². The van der Waals surface area contributed by atoms with Crippen LogP contribution in [0.3, 0.4) is 0 Å². The van der Waals surface area contributed by atoms with Crippen molar-refractivity contribution in [3.05, 3.63) is 52.5 Å². The van der Waals surface area contributed by atoms with Gasteiger partial charge in [0.05, 0.1) is 6.61 Å². The molecule has 0 aliphatic rings. The van der Waals surface area contributed by atoms with Gasteiger partial charge < -0.3 is 14.8 Å². The predicted octanol–water partition coefficient (Wildman–Crippen LogP) is 3.88. The van der Waals surface area contributed by atoms with Gasteiger partial charge in [0.25, 0.3) is 5.91 Å². The molecule has 2 aromatic carbocycles. The lowest BCUT2D eigenvalue weighted by molar-refractivity contribution is -0.118. The van der Waals surface area contributed by atoms with Gasteiger partial charge in [-0.05, 0) is 49.7 Å². The molecule has 0 bridgehead atoms. The van der Waals surface area contributed by atoms with Crippen molar-refractivity contribution >= 4 is 29.5 Å². The highest BCUT2D eigenvalue weighted by atomic mass is 35.5. The van der Waals surface area contributed by atoms with Crippen LogP contribution in [0, 0.1) is 6.92 Å². The van der Waals surface area contributed by atoms with Crippen LogP contribution in [0.1, 0.15) is 22.8 Å². The number of aldehydes is 1. The second-order valence-corrected chi connectivity index (χ2v) is 5.47. The lowest BCUT2D eigenvalue weighted by atomic mass is 10.2. The Kier molecular flexibility index (Phi) is 6.21. The van der Waals surface area contributed by atoms with E-state index in [0.29, 0.717) is 34.4 Å². The third-order valence-corrected chi connectivity index (χ3v) is 3.63. The standard InChI is InChI=1S/C18H18ClNO4/c1-3-23-17-8-13(10-21)5-7-16(17)24-11-18(22)20-14-6-4-12(2)15(19)9-14/h4-10H,3,11H2,1-2H3,(H,20,22). The Labute approximate surface area is 145 Å². The molecule has 5 nitrogen and oxygen atoms in total. The van der Waals surface area contributed by atoms with Crippen LogP contribution >= 0.6 is 11.6 Å². The van der Waals surface area contributed by atoms with Gasteiger partial charge in [0.15, 0.2) is 18.1 Å². The van der Waals surface area contributed by atoms with E-state index in [-0.39, 0.29) is 12.5 Å². The smallest absolute Gasteiger partial charge is 0.262 e. The minimum absolute atomic E-state index is 0.188. The van der Waals surface area contributed by atoms with Crippen molar-refractivity contribution in [3.63, 3.8) is 0 Å².